The number of rotatable bonds is 2. The number of hydrogen-bond acceptors (Lipinski definition) is 2. The van der Waals surface area contributed by atoms with E-state index in [1.165, 1.54) is 0 Å². The van der Waals surface area contributed by atoms with E-state index >= 15 is 0 Å². The summed E-state index contributed by atoms with van der Waals surface area (Å²) in [5, 5.41) is 17.5. The molecule has 0 amide bonds. The number of halogens is 1. The highest BCUT2D eigenvalue weighted by atomic mass is 35.5. The molecule has 0 radical (unpaired) electrons. The molecule has 1 aromatic carbocycles. The Morgan fingerprint density at radius 2 is 1.27 bits per heavy atom. The van der Waals surface area contributed by atoms with E-state index in [0.29, 0.717) is 0 Å². The Morgan fingerprint density at radius 3 is 1.55 bits per heavy atom. The smallest absolute Gasteiger partial charge is 0.0685 e. The lowest BCUT2D eigenvalue weighted by atomic mass is 10.1. The fourth-order valence-corrected chi connectivity index (χ4v) is 0.866. The van der Waals surface area contributed by atoms with Crippen LogP contribution in [-0.2, 0) is 13.2 Å². The molecule has 0 fully saturated rings. The Kier molecular flexibility index (Phi) is 4.86. The van der Waals surface area contributed by atoms with Gasteiger partial charge in [-0.2, -0.15) is 0 Å². The molecule has 0 spiro atoms. The van der Waals surface area contributed by atoms with Gasteiger partial charge in [0.25, 0.3) is 0 Å². The standard InChI is InChI=1S/C8H10O2.ClH/c9-5-7-3-1-2-4-8(7)6-10;/h1-4,9-10H,5-6H2;1H. The third kappa shape index (κ3) is 2.50. The summed E-state index contributed by atoms with van der Waals surface area (Å²) < 4.78 is 0. The monoisotopic (exact) mass is 174 g/mol. The van der Waals surface area contributed by atoms with Gasteiger partial charge in [-0.05, 0) is 11.1 Å². The fourth-order valence-electron chi connectivity index (χ4n) is 0.866. The van der Waals surface area contributed by atoms with Crippen LogP contribution in [0.5, 0.6) is 0 Å². The van der Waals surface area contributed by atoms with Crippen molar-refractivity contribution in [2.75, 3.05) is 0 Å². The van der Waals surface area contributed by atoms with Crippen molar-refractivity contribution in [2.45, 2.75) is 13.2 Å². The van der Waals surface area contributed by atoms with Gasteiger partial charge in [-0.25, -0.2) is 0 Å². The molecule has 0 atom stereocenters. The lowest BCUT2D eigenvalue weighted by Crippen LogP contribution is -1.91. The van der Waals surface area contributed by atoms with Gasteiger partial charge in [-0.1, -0.05) is 24.3 Å². The largest absolute Gasteiger partial charge is 0.392 e. The van der Waals surface area contributed by atoms with Crippen molar-refractivity contribution in [2.24, 2.45) is 0 Å². The topological polar surface area (TPSA) is 40.5 Å². The second kappa shape index (κ2) is 5.13. The van der Waals surface area contributed by atoms with Crippen LogP contribution in [0.2, 0.25) is 0 Å². The summed E-state index contributed by atoms with van der Waals surface area (Å²) in [7, 11) is 0. The SMILES string of the molecule is Cl.OCc1ccccc1CO. The van der Waals surface area contributed by atoms with Gasteiger partial charge < -0.3 is 10.2 Å². The molecule has 0 bridgehead atoms. The van der Waals surface area contributed by atoms with Gasteiger partial charge in [0.2, 0.25) is 0 Å². The third-order valence-electron chi connectivity index (χ3n) is 1.46. The third-order valence-corrected chi connectivity index (χ3v) is 1.46. The molecule has 0 aliphatic carbocycles. The van der Waals surface area contributed by atoms with Crippen LogP contribution in [0.4, 0.5) is 0 Å². The molecule has 2 N–H and O–H groups in total. The molecule has 0 aromatic heterocycles. The predicted molar refractivity (Wildman–Crippen MR) is 45.5 cm³/mol. The first-order chi connectivity index (χ1) is 4.88. The minimum absolute atomic E-state index is 0. The molecule has 0 saturated heterocycles. The Hall–Kier alpha value is -0.570. The first-order valence-corrected chi connectivity index (χ1v) is 3.17. The molecule has 0 unspecified atom stereocenters. The minimum Gasteiger partial charge on any atom is -0.392 e. The molecular formula is C8H11ClO2. The van der Waals surface area contributed by atoms with E-state index in [4.69, 9.17) is 10.2 Å². The Morgan fingerprint density at radius 1 is 0.909 bits per heavy atom. The lowest BCUT2D eigenvalue weighted by Gasteiger charge is -2.01. The van der Waals surface area contributed by atoms with Gasteiger partial charge in [0, 0.05) is 0 Å². The second-order valence-corrected chi connectivity index (χ2v) is 2.08. The number of aliphatic hydroxyl groups excluding tert-OH is 2. The van der Waals surface area contributed by atoms with Gasteiger partial charge in [0.15, 0.2) is 0 Å². The zero-order valence-electron chi connectivity index (χ0n) is 6.03. The summed E-state index contributed by atoms with van der Waals surface area (Å²) >= 11 is 0. The zero-order chi connectivity index (χ0) is 7.40. The summed E-state index contributed by atoms with van der Waals surface area (Å²) in [6.07, 6.45) is 0. The van der Waals surface area contributed by atoms with E-state index in [1.54, 1.807) is 12.1 Å². The van der Waals surface area contributed by atoms with Crippen molar-refractivity contribution in [3.63, 3.8) is 0 Å². The predicted octanol–water partition coefficient (Wildman–Crippen LogP) is 1.09. The lowest BCUT2D eigenvalue weighted by molar-refractivity contribution is 0.260. The highest BCUT2D eigenvalue weighted by molar-refractivity contribution is 5.85. The van der Waals surface area contributed by atoms with Crippen molar-refractivity contribution in [3.05, 3.63) is 35.4 Å². The summed E-state index contributed by atoms with van der Waals surface area (Å²) in [5.74, 6) is 0. The maximum absolute atomic E-state index is 8.74. The van der Waals surface area contributed by atoms with Gasteiger partial charge in [0.1, 0.15) is 0 Å². The summed E-state index contributed by atoms with van der Waals surface area (Å²) in [4.78, 5) is 0. The van der Waals surface area contributed by atoms with E-state index in [-0.39, 0.29) is 25.6 Å². The van der Waals surface area contributed by atoms with Gasteiger partial charge in [-0.15, -0.1) is 12.4 Å². The molecule has 0 heterocycles. The van der Waals surface area contributed by atoms with Crippen LogP contribution >= 0.6 is 12.4 Å². The van der Waals surface area contributed by atoms with Crippen LogP contribution < -0.4 is 0 Å². The zero-order valence-corrected chi connectivity index (χ0v) is 6.84. The number of aliphatic hydroxyl groups is 2. The molecule has 1 aromatic rings. The fraction of sp³-hybridized carbons (Fsp3) is 0.250. The minimum atomic E-state index is -0.00324. The van der Waals surface area contributed by atoms with Gasteiger partial charge in [0.05, 0.1) is 13.2 Å². The van der Waals surface area contributed by atoms with Crippen LogP contribution in [0.3, 0.4) is 0 Å². The van der Waals surface area contributed by atoms with Crippen LogP contribution in [0.15, 0.2) is 24.3 Å². The molecule has 3 heteroatoms. The van der Waals surface area contributed by atoms with Crippen molar-refractivity contribution >= 4 is 12.4 Å². The van der Waals surface area contributed by atoms with Crippen LogP contribution in [-0.4, -0.2) is 10.2 Å². The van der Waals surface area contributed by atoms with Crippen molar-refractivity contribution in [3.8, 4) is 0 Å². The van der Waals surface area contributed by atoms with E-state index in [9.17, 15) is 0 Å². The maximum Gasteiger partial charge on any atom is 0.0685 e. The molecule has 0 saturated carbocycles. The first kappa shape index (κ1) is 10.4. The van der Waals surface area contributed by atoms with Gasteiger partial charge in [-0.3, -0.25) is 0 Å². The van der Waals surface area contributed by atoms with Gasteiger partial charge >= 0.3 is 0 Å². The highest BCUT2D eigenvalue weighted by Gasteiger charge is 1.95. The van der Waals surface area contributed by atoms with Crippen LogP contribution in [0, 0.1) is 0 Å². The molecular weight excluding hydrogens is 164 g/mol. The van der Waals surface area contributed by atoms with E-state index in [1.807, 2.05) is 12.1 Å². The van der Waals surface area contributed by atoms with Crippen molar-refractivity contribution in [1.29, 1.82) is 0 Å². The molecule has 11 heavy (non-hydrogen) atoms. The van der Waals surface area contributed by atoms with Crippen molar-refractivity contribution < 1.29 is 10.2 Å². The molecule has 1 rings (SSSR count). The summed E-state index contributed by atoms with van der Waals surface area (Å²) in [5.41, 5.74) is 1.59. The molecule has 0 aliphatic heterocycles. The average molecular weight is 175 g/mol. The van der Waals surface area contributed by atoms with Crippen LogP contribution in [0.25, 0.3) is 0 Å². The first-order valence-electron chi connectivity index (χ1n) is 3.17. The van der Waals surface area contributed by atoms with E-state index in [2.05, 4.69) is 0 Å². The van der Waals surface area contributed by atoms with Crippen molar-refractivity contribution in [1.82, 2.24) is 0 Å². The Balaban J connectivity index is 0.000001000. The average Bonchev–Trinajstić information content (AvgIpc) is 2.04. The number of hydrogen-bond donors (Lipinski definition) is 2. The highest BCUT2D eigenvalue weighted by Crippen LogP contribution is 2.07. The normalized spacial score (nSPS) is 8.91. The molecule has 2 nitrogen and oxygen atoms in total. The maximum atomic E-state index is 8.74. The molecule has 62 valence electrons. The Labute approximate surface area is 71.9 Å². The van der Waals surface area contributed by atoms with Crippen LogP contribution in [0.1, 0.15) is 11.1 Å². The summed E-state index contributed by atoms with van der Waals surface area (Å²) in [6.45, 7) is -0.00648. The Bertz CT molecular complexity index is 190. The quantitative estimate of drug-likeness (QED) is 0.705. The van der Waals surface area contributed by atoms with E-state index in [0.717, 1.165) is 11.1 Å². The number of benzene rings is 1. The van der Waals surface area contributed by atoms with E-state index < -0.39 is 0 Å². The molecule has 0 aliphatic rings. The summed E-state index contributed by atoms with van der Waals surface area (Å²) in [6, 6.07) is 7.27. The second-order valence-electron chi connectivity index (χ2n) is 2.08.